The molecule has 0 bridgehead atoms. The molecule has 1 amide bonds. The normalized spacial score (nSPS) is 10.8. The highest BCUT2D eigenvalue weighted by atomic mass is 19.1. The van der Waals surface area contributed by atoms with E-state index in [0.717, 1.165) is 5.56 Å². The minimum absolute atomic E-state index is 0.0474. The van der Waals surface area contributed by atoms with Gasteiger partial charge in [-0.05, 0) is 55.0 Å². The van der Waals surface area contributed by atoms with E-state index in [9.17, 15) is 18.8 Å². The summed E-state index contributed by atoms with van der Waals surface area (Å²) in [5.74, 6) is -2.57. The molecule has 0 saturated heterocycles. The number of anilines is 1. The van der Waals surface area contributed by atoms with Crippen LogP contribution in [0.2, 0.25) is 0 Å². The Hall–Kier alpha value is -4.37. The van der Waals surface area contributed by atoms with Crippen LogP contribution < -0.4 is 11.1 Å². The first-order valence-corrected chi connectivity index (χ1v) is 10.9. The molecule has 0 atom stereocenters. The van der Waals surface area contributed by atoms with Crippen LogP contribution in [0.1, 0.15) is 38.9 Å². The lowest BCUT2D eigenvalue weighted by molar-refractivity contribution is -0.112. The predicted octanol–water partition coefficient (Wildman–Crippen LogP) is 3.68. The van der Waals surface area contributed by atoms with Crippen LogP contribution in [0.3, 0.4) is 0 Å². The average molecular weight is 474 g/mol. The summed E-state index contributed by atoms with van der Waals surface area (Å²) in [4.78, 5) is 42.5. The van der Waals surface area contributed by atoms with Crippen molar-refractivity contribution in [3.8, 4) is 0 Å². The Labute approximate surface area is 200 Å². The van der Waals surface area contributed by atoms with Gasteiger partial charge in [-0.15, -0.1) is 0 Å². The van der Waals surface area contributed by atoms with E-state index in [1.165, 1.54) is 30.6 Å². The number of halogens is 1. The van der Waals surface area contributed by atoms with Crippen LogP contribution in [0.5, 0.6) is 0 Å². The molecule has 2 heterocycles. The van der Waals surface area contributed by atoms with Gasteiger partial charge in [0.15, 0.2) is 0 Å². The van der Waals surface area contributed by atoms with Gasteiger partial charge >= 0.3 is 5.97 Å². The number of aromatic nitrogens is 2. The molecule has 0 saturated carbocycles. The van der Waals surface area contributed by atoms with Gasteiger partial charge in [0.2, 0.25) is 0 Å². The van der Waals surface area contributed by atoms with Crippen molar-refractivity contribution in [1.82, 2.24) is 9.55 Å². The van der Waals surface area contributed by atoms with Gasteiger partial charge in [0.05, 0.1) is 17.7 Å². The Bertz CT molecular complexity index is 1400. The Morgan fingerprint density at radius 1 is 1.06 bits per heavy atom. The van der Waals surface area contributed by atoms with Crippen molar-refractivity contribution >= 4 is 34.3 Å². The van der Waals surface area contributed by atoms with Crippen LogP contribution in [0.15, 0.2) is 67.0 Å². The number of Topliss-reactive ketones (excluding diaryl/α,β-unsaturated/α-hetero) is 1. The smallest absolute Gasteiger partial charge is 0.338 e. The summed E-state index contributed by atoms with van der Waals surface area (Å²) in [6.45, 7) is 2.12. The number of nitrogens with two attached hydrogens (primary N) is 1. The van der Waals surface area contributed by atoms with Gasteiger partial charge in [0.1, 0.15) is 5.82 Å². The molecule has 0 fully saturated rings. The number of ether oxygens (including phenoxy) is 1. The van der Waals surface area contributed by atoms with E-state index >= 15 is 0 Å². The largest absolute Gasteiger partial charge is 0.462 e. The molecule has 35 heavy (non-hydrogen) atoms. The molecular formula is C26H23FN4O4. The Balaban J connectivity index is 1.84. The summed E-state index contributed by atoms with van der Waals surface area (Å²) in [5.41, 5.74) is 8.60. The van der Waals surface area contributed by atoms with Crippen LogP contribution >= 0.6 is 0 Å². The van der Waals surface area contributed by atoms with Crippen LogP contribution in [0, 0.1) is 5.82 Å². The summed E-state index contributed by atoms with van der Waals surface area (Å²) in [6.07, 6.45) is 2.98. The summed E-state index contributed by atoms with van der Waals surface area (Å²) in [5, 5.41) is 2.96. The molecule has 0 aliphatic carbocycles. The van der Waals surface area contributed by atoms with Crippen LogP contribution in [0.25, 0.3) is 10.9 Å². The Kier molecular flexibility index (Phi) is 6.98. The van der Waals surface area contributed by atoms with Crippen molar-refractivity contribution in [1.29, 1.82) is 0 Å². The molecule has 0 aliphatic heterocycles. The lowest BCUT2D eigenvalue weighted by atomic mass is 10.0. The van der Waals surface area contributed by atoms with Crippen molar-refractivity contribution in [2.75, 3.05) is 11.9 Å². The quantitative estimate of drug-likeness (QED) is 0.229. The van der Waals surface area contributed by atoms with Crippen molar-refractivity contribution in [2.24, 2.45) is 5.73 Å². The third kappa shape index (κ3) is 4.95. The minimum atomic E-state index is -0.853. The molecule has 2 aromatic heterocycles. The van der Waals surface area contributed by atoms with E-state index in [2.05, 4.69) is 10.3 Å². The third-order valence-electron chi connectivity index (χ3n) is 5.50. The summed E-state index contributed by atoms with van der Waals surface area (Å²) in [6, 6.07) is 13.9. The van der Waals surface area contributed by atoms with Gasteiger partial charge in [-0.2, -0.15) is 0 Å². The van der Waals surface area contributed by atoms with E-state index in [4.69, 9.17) is 10.5 Å². The lowest BCUT2D eigenvalue weighted by Crippen LogP contribution is -2.24. The summed E-state index contributed by atoms with van der Waals surface area (Å²) >= 11 is 0. The molecule has 0 radical (unpaired) electrons. The van der Waals surface area contributed by atoms with E-state index in [-0.39, 0.29) is 36.6 Å². The molecule has 4 rings (SSSR count). The second-order valence-corrected chi connectivity index (χ2v) is 7.71. The highest BCUT2D eigenvalue weighted by molar-refractivity contribution is 6.48. The van der Waals surface area contributed by atoms with Crippen LogP contribution in [-0.2, 0) is 22.6 Å². The second-order valence-electron chi connectivity index (χ2n) is 7.71. The zero-order valence-corrected chi connectivity index (χ0v) is 19.0. The topological polar surface area (TPSA) is 116 Å². The first kappa shape index (κ1) is 23.8. The number of carbonyl (C=O) groups is 3. The Morgan fingerprint density at radius 2 is 1.77 bits per heavy atom. The van der Waals surface area contributed by atoms with Gasteiger partial charge in [-0.25, -0.2) is 9.18 Å². The molecule has 0 spiro atoms. The fourth-order valence-electron chi connectivity index (χ4n) is 3.90. The maximum Gasteiger partial charge on any atom is 0.338 e. The number of amides is 1. The molecule has 9 heteroatoms. The predicted molar refractivity (Wildman–Crippen MR) is 128 cm³/mol. The summed E-state index contributed by atoms with van der Waals surface area (Å²) in [7, 11) is 0. The zero-order chi connectivity index (χ0) is 24.9. The highest BCUT2D eigenvalue weighted by Crippen LogP contribution is 2.30. The second kappa shape index (κ2) is 10.3. The van der Waals surface area contributed by atoms with E-state index in [1.807, 2.05) is 0 Å². The van der Waals surface area contributed by atoms with Crippen LogP contribution in [-0.4, -0.2) is 33.8 Å². The fourth-order valence-corrected chi connectivity index (χ4v) is 3.90. The van der Waals surface area contributed by atoms with Gasteiger partial charge in [-0.3, -0.25) is 14.6 Å². The van der Waals surface area contributed by atoms with Crippen molar-refractivity contribution in [3.63, 3.8) is 0 Å². The summed E-state index contributed by atoms with van der Waals surface area (Å²) < 4.78 is 20.3. The average Bonchev–Trinajstić information content (AvgIpc) is 3.18. The molecule has 8 nitrogen and oxygen atoms in total. The molecule has 0 aliphatic rings. The van der Waals surface area contributed by atoms with E-state index in [1.54, 1.807) is 47.9 Å². The molecule has 178 valence electrons. The maximum absolute atomic E-state index is 13.4. The number of hydrogen-bond donors (Lipinski definition) is 2. The van der Waals surface area contributed by atoms with Gasteiger partial charge in [-0.1, -0.05) is 12.1 Å². The highest BCUT2D eigenvalue weighted by Gasteiger charge is 2.27. The fraction of sp³-hybridized carbons (Fsp3) is 0.154. The van der Waals surface area contributed by atoms with E-state index < -0.39 is 17.7 Å². The first-order valence-electron chi connectivity index (χ1n) is 10.9. The standard InChI is InChI=1S/C26H23FN4O4/c1-2-35-26(34)17-5-8-21-20(13-17)23(24(32)25(33)30-19-9-11-29-12-10-19)22(14-28)31(21)15-16-3-6-18(27)7-4-16/h3-13H,2,14-15,28H2,1H3,(H,29,30,33). The molecule has 0 unspecified atom stereocenters. The van der Waals surface area contributed by atoms with Gasteiger partial charge in [0, 0.05) is 47.8 Å². The van der Waals surface area contributed by atoms with Crippen LogP contribution in [0.4, 0.5) is 10.1 Å². The Morgan fingerprint density at radius 3 is 2.43 bits per heavy atom. The minimum Gasteiger partial charge on any atom is -0.462 e. The maximum atomic E-state index is 13.4. The van der Waals surface area contributed by atoms with Crippen molar-refractivity contribution in [3.05, 3.63) is 95.2 Å². The lowest BCUT2D eigenvalue weighted by Gasteiger charge is -2.11. The molecular weight excluding hydrogens is 451 g/mol. The number of esters is 1. The number of hydrogen-bond acceptors (Lipinski definition) is 6. The van der Waals surface area contributed by atoms with Crippen molar-refractivity contribution in [2.45, 2.75) is 20.0 Å². The monoisotopic (exact) mass is 474 g/mol. The number of nitrogens with one attached hydrogen (secondary N) is 1. The van der Waals surface area contributed by atoms with Gasteiger partial charge in [0.25, 0.3) is 11.7 Å². The number of pyridine rings is 1. The molecule has 3 N–H and O–H groups in total. The number of ketones is 1. The van der Waals surface area contributed by atoms with Gasteiger partial charge < -0.3 is 20.4 Å². The van der Waals surface area contributed by atoms with Crippen molar-refractivity contribution < 1.29 is 23.5 Å². The molecule has 2 aromatic carbocycles. The first-order chi connectivity index (χ1) is 16.9. The number of carbonyl (C=O) groups excluding carboxylic acids is 3. The third-order valence-corrected chi connectivity index (χ3v) is 5.50. The number of rotatable bonds is 8. The number of nitrogens with zero attached hydrogens (tertiary/aromatic N) is 2. The zero-order valence-electron chi connectivity index (χ0n) is 19.0. The number of fused-ring (bicyclic) bond motifs is 1. The van der Waals surface area contributed by atoms with E-state index in [0.29, 0.717) is 22.3 Å². The number of benzene rings is 2. The SMILES string of the molecule is CCOC(=O)c1ccc2c(c1)c(C(=O)C(=O)Nc1ccncc1)c(CN)n2Cc1ccc(F)cc1. The molecule has 4 aromatic rings.